The van der Waals surface area contributed by atoms with Crippen molar-refractivity contribution in [1.82, 2.24) is 9.97 Å². The highest BCUT2D eigenvalue weighted by Gasteiger charge is 2.10. The highest BCUT2D eigenvalue weighted by molar-refractivity contribution is 5.32. The van der Waals surface area contributed by atoms with Crippen LogP contribution < -0.4 is 10.6 Å². The Bertz CT molecular complexity index is 307. The van der Waals surface area contributed by atoms with Crippen LogP contribution in [-0.2, 0) is 6.54 Å². The molecule has 0 aliphatic rings. The molecule has 0 amide bonds. The lowest BCUT2D eigenvalue weighted by atomic mass is 10.1. The van der Waals surface area contributed by atoms with Crippen LogP contribution in [-0.4, -0.2) is 24.1 Å². The molecule has 1 aromatic rings. The van der Waals surface area contributed by atoms with Gasteiger partial charge in [0.1, 0.15) is 0 Å². The summed E-state index contributed by atoms with van der Waals surface area (Å²) in [6, 6.07) is 0. The summed E-state index contributed by atoms with van der Waals surface area (Å²) in [6.07, 6.45) is 1.82. The van der Waals surface area contributed by atoms with Gasteiger partial charge in [-0.25, -0.2) is 9.97 Å². The van der Waals surface area contributed by atoms with Crippen LogP contribution in [0.2, 0.25) is 0 Å². The van der Waals surface area contributed by atoms with E-state index in [1.807, 2.05) is 25.2 Å². The van der Waals surface area contributed by atoms with Crippen molar-refractivity contribution >= 4 is 5.95 Å². The molecule has 0 aromatic carbocycles. The monoisotopic (exact) mass is 194 g/mol. The lowest BCUT2D eigenvalue weighted by Crippen LogP contribution is -2.16. The van der Waals surface area contributed by atoms with Gasteiger partial charge in [-0.15, -0.1) is 0 Å². The molecule has 78 valence electrons. The smallest absolute Gasteiger partial charge is 0.225 e. The van der Waals surface area contributed by atoms with E-state index in [1.54, 1.807) is 0 Å². The molecule has 14 heavy (non-hydrogen) atoms. The van der Waals surface area contributed by atoms with Crippen molar-refractivity contribution in [3.05, 3.63) is 17.5 Å². The topological polar surface area (TPSA) is 55.0 Å². The minimum Gasteiger partial charge on any atom is -0.347 e. The molecule has 2 N–H and O–H groups in total. The number of aromatic nitrogens is 2. The second kappa shape index (κ2) is 4.37. The van der Waals surface area contributed by atoms with Crippen molar-refractivity contribution < 1.29 is 0 Å². The largest absolute Gasteiger partial charge is 0.347 e. The second-order valence-corrected chi connectivity index (χ2v) is 3.83. The van der Waals surface area contributed by atoms with Crippen molar-refractivity contribution in [2.24, 2.45) is 5.73 Å². The molecular weight excluding hydrogens is 176 g/mol. The summed E-state index contributed by atoms with van der Waals surface area (Å²) in [5.74, 6) is 1.13. The minimum atomic E-state index is 0.384. The molecule has 0 aliphatic carbocycles. The van der Waals surface area contributed by atoms with Crippen LogP contribution >= 0.6 is 0 Å². The lowest BCUT2D eigenvalue weighted by Gasteiger charge is -2.15. The number of rotatable bonds is 3. The molecule has 4 nitrogen and oxygen atoms in total. The Morgan fingerprint density at radius 2 is 2.07 bits per heavy atom. The Morgan fingerprint density at radius 1 is 1.43 bits per heavy atom. The average molecular weight is 194 g/mol. The summed E-state index contributed by atoms with van der Waals surface area (Å²) in [5.41, 5.74) is 7.70. The SMILES string of the molecule is CC(C)c1nc(N(C)C)ncc1CN. The van der Waals surface area contributed by atoms with Gasteiger partial charge in [0.2, 0.25) is 5.95 Å². The molecule has 0 fully saturated rings. The summed E-state index contributed by atoms with van der Waals surface area (Å²) < 4.78 is 0. The van der Waals surface area contributed by atoms with Crippen molar-refractivity contribution in [2.45, 2.75) is 26.3 Å². The number of hydrogen-bond donors (Lipinski definition) is 1. The first kappa shape index (κ1) is 10.9. The Kier molecular flexibility index (Phi) is 3.41. The lowest BCUT2D eigenvalue weighted by molar-refractivity contribution is 0.778. The quantitative estimate of drug-likeness (QED) is 0.783. The van der Waals surface area contributed by atoms with Gasteiger partial charge in [-0.1, -0.05) is 13.8 Å². The van der Waals surface area contributed by atoms with Crippen molar-refractivity contribution in [2.75, 3.05) is 19.0 Å². The molecule has 0 aliphatic heterocycles. The van der Waals surface area contributed by atoms with Crippen molar-refractivity contribution in [3.63, 3.8) is 0 Å². The molecule has 1 aromatic heterocycles. The molecule has 0 radical (unpaired) electrons. The first-order chi connectivity index (χ1) is 6.56. The number of hydrogen-bond acceptors (Lipinski definition) is 4. The van der Waals surface area contributed by atoms with E-state index in [1.165, 1.54) is 0 Å². The molecule has 0 atom stereocenters. The summed E-state index contributed by atoms with van der Waals surface area (Å²) in [7, 11) is 3.86. The highest BCUT2D eigenvalue weighted by atomic mass is 15.2. The van der Waals surface area contributed by atoms with Gasteiger partial charge in [0.05, 0.1) is 5.69 Å². The molecule has 0 saturated carbocycles. The van der Waals surface area contributed by atoms with Crippen LogP contribution in [0.5, 0.6) is 0 Å². The van der Waals surface area contributed by atoms with E-state index in [2.05, 4.69) is 23.8 Å². The van der Waals surface area contributed by atoms with Gasteiger partial charge in [-0.3, -0.25) is 0 Å². The maximum atomic E-state index is 5.62. The molecular formula is C10H18N4. The third-order valence-electron chi connectivity index (χ3n) is 2.05. The van der Waals surface area contributed by atoms with E-state index in [9.17, 15) is 0 Å². The van der Waals surface area contributed by atoms with Crippen LogP contribution in [0.4, 0.5) is 5.95 Å². The van der Waals surface area contributed by atoms with Crippen molar-refractivity contribution in [3.8, 4) is 0 Å². The zero-order valence-electron chi connectivity index (χ0n) is 9.28. The van der Waals surface area contributed by atoms with Gasteiger partial charge < -0.3 is 10.6 Å². The first-order valence-electron chi connectivity index (χ1n) is 4.79. The first-order valence-corrected chi connectivity index (χ1v) is 4.79. The Morgan fingerprint density at radius 3 is 2.50 bits per heavy atom. The van der Waals surface area contributed by atoms with E-state index in [-0.39, 0.29) is 0 Å². The van der Waals surface area contributed by atoms with Gasteiger partial charge in [0, 0.05) is 32.4 Å². The summed E-state index contributed by atoms with van der Waals surface area (Å²) >= 11 is 0. The fourth-order valence-electron chi connectivity index (χ4n) is 1.28. The van der Waals surface area contributed by atoms with Crippen LogP contribution in [0.15, 0.2) is 6.20 Å². The molecule has 4 heteroatoms. The summed E-state index contributed by atoms with van der Waals surface area (Å²) in [5, 5.41) is 0. The van der Waals surface area contributed by atoms with Crippen LogP contribution in [0.1, 0.15) is 31.0 Å². The van der Waals surface area contributed by atoms with E-state index in [0.29, 0.717) is 12.5 Å². The molecule has 0 unspecified atom stereocenters. The van der Waals surface area contributed by atoms with Gasteiger partial charge in [0.15, 0.2) is 0 Å². The summed E-state index contributed by atoms with van der Waals surface area (Å²) in [4.78, 5) is 10.6. The minimum absolute atomic E-state index is 0.384. The van der Waals surface area contributed by atoms with Crippen LogP contribution in [0.3, 0.4) is 0 Å². The zero-order chi connectivity index (χ0) is 10.7. The predicted octanol–water partition coefficient (Wildman–Crippen LogP) is 1.12. The molecule has 1 rings (SSSR count). The average Bonchev–Trinajstić information content (AvgIpc) is 2.16. The van der Waals surface area contributed by atoms with Gasteiger partial charge >= 0.3 is 0 Å². The van der Waals surface area contributed by atoms with Crippen LogP contribution in [0, 0.1) is 0 Å². The van der Waals surface area contributed by atoms with Gasteiger partial charge in [0.25, 0.3) is 0 Å². The zero-order valence-corrected chi connectivity index (χ0v) is 9.28. The maximum absolute atomic E-state index is 5.62. The Labute approximate surface area is 85.2 Å². The standard InChI is InChI=1S/C10H18N4/c1-7(2)9-8(5-11)6-12-10(13-9)14(3)4/h6-7H,5,11H2,1-4H3. The third kappa shape index (κ3) is 2.20. The second-order valence-electron chi connectivity index (χ2n) is 3.83. The van der Waals surface area contributed by atoms with E-state index < -0.39 is 0 Å². The van der Waals surface area contributed by atoms with Gasteiger partial charge in [-0.2, -0.15) is 0 Å². The van der Waals surface area contributed by atoms with Crippen molar-refractivity contribution in [1.29, 1.82) is 0 Å². The van der Waals surface area contributed by atoms with E-state index in [4.69, 9.17) is 5.73 Å². The Balaban J connectivity index is 3.14. The maximum Gasteiger partial charge on any atom is 0.225 e. The molecule has 0 saturated heterocycles. The molecule has 0 bridgehead atoms. The fourth-order valence-corrected chi connectivity index (χ4v) is 1.28. The van der Waals surface area contributed by atoms with Gasteiger partial charge in [-0.05, 0) is 5.92 Å². The number of nitrogens with two attached hydrogens (primary N) is 1. The number of anilines is 1. The van der Waals surface area contributed by atoms with Crippen LogP contribution in [0.25, 0.3) is 0 Å². The molecule has 1 heterocycles. The Hall–Kier alpha value is -1.16. The van der Waals surface area contributed by atoms with E-state index >= 15 is 0 Å². The fraction of sp³-hybridized carbons (Fsp3) is 0.600. The normalized spacial score (nSPS) is 10.7. The van der Waals surface area contributed by atoms with E-state index in [0.717, 1.165) is 17.2 Å². The third-order valence-corrected chi connectivity index (χ3v) is 2.05. The number of nitrogens with zero attached hydrogens (tertiary/aromatic N) is 3. The summed E-state index contributed by atoms with van der Waals surface area (Å²) in [6.45, 7) is 4.73. The molecule has 0 spiro atoms. The predicted molar refractivity (Wildman–Crippen MR) is 58.3 cm³/mol. The highest BCUT2D eigenvalue weighted by Crippen LogP contribution is 2.18.